The molecule has 124 valence electrons. The number of piperidine rings is 1. The van der Waals surface area contributed by atoms with Gasteiger partial charge in [0, 0.05) is 23.6 Å². The van der Waals surface area contributed by atoms with Crippen molar-refractivity contribution < 1.29 is 9.59 Å². The average molecular weight is 380 g/mol. The van der Waals surface area contributed by atoms with Crippen LogP contribution in [0, 0.1) is 11.8 Å². The zero-order valence-corrected chi connectivity index (χ0v) is 14.8. The fraction of sp³-hybridized carbons (Fsp3) is 0.529. The predicted molar refractivity (Wildman–Crippen MR) is 93.2 cm³/mol. The number of carbonyl (C=O) groups is 2. The van der Waals surface area contributed by atoms with Gasteiger partial charge >= 0.3 is 0 Å². The minimum Gasteiger partial charge on any atom is -0.351 e. The summed E-state index contributed by atoms with van der Waals surface area (Å²) in [6, 6.07) is 7.73. The fourth-order valence-corrected chi connectivity index (χ4v) is 3.80. The number of para-hydroxylation sites is 1. The zero-order valence-electron chi connectivity index (χ0n) is 13.2. The molecule has 0 saturated carbocycles. The number of anilines is 1. The van der Waals surface area contributed by atoms with Crippen LogP contribution in [-0.2, 0) is 9.59 Å². The highest BCUT2D eigenvalue weighted by atomic mass is 79.9. The van der Waals surface area contributed by atoms with Crippen LogP contribution in [0.3, 0.4) is 0 Å². The lowest BCUT2D eigenvalue weighted by Gasteiger charge is -2.30. The Morgan fingerprint density at radius 2 is 2.13 bits per heavy atom. The third-order valence-corrected chi connectivity index (χ3v) is 5.49. The molecule has 6 heteroatoms. The number of carbonyl (C=O) groups excluding carboxylic acids is 2. The SMILES string of the molecule is CC1CCNCC1NC(=O)C1CCN(c2ccccc2Br)C1=O. The van der Waals surface area contributed by atoms with Gasteiger partial charge in [-0.1, -0.05) is 19.1 Å². The second kappa shape index (κ2) is 7.01. The first-order valence-electron chi connectivity index (χ1n) is 8.15. The maximum Gasteiger partial charge on any atom is 0.239 e. The Morgan fingerprint density at radius 3 is 2.87 bits per heavy atom. The van der Waals surface area contributed by atoms with E-state index in [9.17, 15) is 9.59 Å². The Hall–Kier alpha value is -1.40. The van der Waals surface area contributed by atoms with Gasteiger partial charge in [-0.25, -0.2) is 0 Å². The lowest BCUT2D eigenvalue weighted by Crippen LogP contribution is -2.52. The summed E-state index contributed by atoms with van der Waals surface area (Å²) in [6.45, 7) is 4.50. The summed E-state index contributed by atoms with van der Waals surface area (Å²) < 4.78 is 0.875. The van der Waals surface area contributed by atoms with Crippen molar-refractivity contribution in [1.82, 2.24) is 10.6 Å². The van der Waals surface area contributed by atoms with E-state index in [0.717, 1.165) is 29.7 Å². The number of rotatable bonds is 3. The molecule has 2 aliphatic heterocycles. The zero-order chi connectivity index (χ0) is 16.4. The van der Waals surface area contributed by atoms with Gasteiger partial charge in [0.05, 0.1) is 5.69 Å². The van der Waals surface area contributed by atoms with Crippen LogP contribution in [0.25, 0.3) is 0 Å². The van der Waals surface area contributed by atoms with Crippen LogP contribution in [0.4, 0.5) is 5.69 Å². The highest BCUT2D eigenvalue weighted by Gasteiger charge is 2.39. The van der Waals surface area contributed by atoms with Crippen molar-refractivity contribution in [2.75, 3.05) is 24.5 Å². The largest absolute Gasteiger partial charge is 0.351 e. The van der Waals surface area contributed by atoms with Crippen molar-refractivity contribution in [3.8, 4) is 0 Å². The van der Waals surface area contributed by atoms with Crippen LogP contribution in [0.1, 0.15) is 19.8 Å². The van der Waals surface area contributed by atoms with Gasteiger partial charge < -0.3 is 15.5 Å². The lowest BCUT2D eigenvalue weighted by molar-refractivity contribution is -0.132. The number of nitrogens with one attached hydrogen (secondary N) is 2. The molecule has 1 aromatic carbocycles. The molecule has 0 radical (unpaired) electrons. The minimum absolute atomic E-state index is 0.106. The summed E-state index contributed by atoms with van der Waals surface area (Å²) >= 11 is 3.48. The highest BCUT2D eigenvalue weighted by molar-refractivity contribution is 9.10. The summed E-state index contributed by atoms with van der Waals surface area (Å²) in [7, 11) is 0. The molecule has 2 heterocycles. The number of nitrogens with zero attached hydrogens (tertiary/aromatic N) is 1. The van der Waals surface area contributed by atoms with Crippen molar-refractivity contribution in [3.63, 3.8) is 0 Å². The summed E-state index contributed by atoms with van der Waals surface area (Å²) in [6.07, 6.45) is 1.62. The molecule has 2 amide bonds. The Bertz CT molecular complexity index is 607. The first-order valence-corrected chi connectivity index (χ1v) is 8.94. The molecule has 0 spiro atoms. The van der Waals surface area contributed by atoms with Gasteiger partial charge in [-0.15, -0.1) is 0 Å². The molecule has 3 unspecified atom stereocenters. The predicted octanol–water partition coefficient (Wildman–Crippen LogP) is 1.92. The van der Waals surface area contributed by atoms with E-state index in [1.165, 1.54) is 0 Å². The van der Waals surface area contributed by atoms with Crippen LogP contribution in [0.2, 0.25) is 0 Å². The fourth-order valence-electron chi connectivity index (χ4n) is 3.30. The van der Waals surface area contributed by atoms with E-state index in [1.807, 2.05) is 24.3 Å². The Kier molecular flexibility index (Phi) is 5.02. The average Bonchev–Trinajstić information content (AvgIpc) is 2.92. The van der Waals surface area contributed by atoms with Crippen molar-refractivity contribution >= 4 is 33.4 Å². The molecule has 2 N–H and O–H groups in total. The van der Waals surface area contributed by atoms with Crippen LogP contribution in [0.5, 0.6) is 0 Å². The number of hydrogen-bond donors (Lipinski definition) is 2. The Labute approximate surface area is 144 Å². The van der Waals surface area contributed by atoms with Gasteiger partial charge in [0.15, 0.2) is 0 Å². The molecule has 0 bridgehead atoms. The van der Waals surface area contributed by atoms with Crippen molar-refractivity contribution in [3.05, 3.63) is 28.7 Å². The molecular formula is C17H22BrN3O2. The summed E-state index contributed by atoms with van der Waals surface area (Å²) in [4.78, 5) is 26.9. The summed E-state index contributed by atoms with van der Waals surface area (Å²) in [5.41, 5.74) is 0.834. The van der Waals surface area contributed by atoms with Gasteiger partial charge in [-0.2, -0.15) is 0 Å². The molecule has 23 heavy (non-hydrogen) atoms. The van der Waals surface area contributed by atoms with Crippen LogP contribution < -0.4 is 15.5 Å². The molecule has 1 aromatic rings. The molecule has 2 aliphatic rings. The van der Waals surface area contributed by atoms with Gasteiger partial charge in [0.1, 0.15) is 5.92 Å². The number of amides is 2. The topological polar surface area (TPSA) is 61.4 Å². The first-order chi connectivity index (χ1) is 11.1. The summed E-state index contributed by atoms with van der Waals surface area (Å²) in [5, 5.41) is 6.37. The van der Waals surface area contributed by atoms with Gasteiger partial charge in [0.2, 0.25) is 11.8 Å². The second-order valence-electron chi connectivity index (χ2n) is 6.37. The molecule has 0 aliphatic carbocycles. The molecule has 0 aromatic heterocycles. The highest BCUT2D eigenvalue weighted by Crippen LogP contribution is 2.31. The maximum absolute atomic E-state index is 12.7. The van der Waals surface area contributed by atoms with E-state index in [4.69, 9.17) is 0 Å². The number of halogens is 1. The third kappa shape index (κ3) is 3.43. The smallest absolute Gasteiger partial charge is 0.239 e. The molecule has 3 atom stereocenters. The van der Waals surface area contributed by atoms with Gasteiger partial charge in [0.25, 0.3) is 0 Å². The number of hydrogen-bond acceptors (Lipinski definition) is 3. The normalized spacial score (nSPS) is 28.0. The molecule has 3 rings (SSSR count). The van der Waals surface area contributed by atoms with Crippen LogP contribution >= 0.6 is 15.9 Å². The first kappa shape index (κ1) is 16.5. The maximum atomic E-state index is 12.7. The van der Waals surface area contributed by atoms with Crippen LogP contribution in [-0.4, -0.2) is 37.5 Å². The third-order valence-electron chi connectivity index (χ3n) is 4.82. The standard InChI is InChI=1S/C17H22BrN3O2/c1-11-6-8-19-10-14(11)20-16(22)12-7-9-21(17(12)23)15-5-3-2-4-13(15)18/h2-5,11-12,14,19H,6-10H2,1H3,(H,20,22). The number of benzene rings is 1. The minimum atomic E-state index is -0.573. The monoisotopic (exact) mass is 379 g/mol. The van der Waals surface area contributed by atoms with Gasteiger partial charge in [-0.3, -0.25) is 9.59 Å². The van der Waals surface area contributed by atoms with Crippen molar-refractivity contribution in [2.24, 2.45) is 11.8 Å². The summed E-state index contributed by atoms with van der Waals surface area (Å²) in [5.74, 6) is -0.372. The molecular weight excluding hydrogens is 358 g/mol. The van der Waals surface area contributed by atoms with Crippen LogP contribution in [0.15, 0.2) is 28.7 Å². The lowest BCUT2D eigenvalue weighted by atomic mass is 9.94. The van der Waals surface area contributed by atoms with Crippen molar-refractivity contribution in [1.29, 1.82) is 0 Å². The molecule has 2 fully saturated rings. The van der Waals surface area contributed by atoms with Gasteiger partial charge in [-0.05, 0) is 53.4 Å². The van der Waals surface area contributed by atoms with Crippen molar-refractivity contribution in [2.45, 2.75) is 25.8 Å². The Morgan fingerprint density at radius 1 is 1.35 bits per heavy atom. The molecule has 5 nitrogen and oxygen atoms in total. The van der Waals surface area contributed by atoms with E-state index in [2.05, 4.69) is 33.5 Å². The molecule has 2 saturated heterocycles. The van der Waals surface area contributed by atoms with E-state index in [0.29, 0.717) is 18.9 Å². The van der Waals surface area contributed by atoms with E-state index in [-0.39, 0.29) is 17.9 Å². The van der Waals surface area contributed by atoms with E-state index >= 15 is 0 Å². The second-order valence-corrected chi connectivity index (χ2v) is 7.22. The Balaban J connectivity index is 1.67. The van der Waals surface area contributed by atoms with E-state index in [1.54, 1.807) is 4.90 Å². The van der Waals surface area contributed by atoms with E-state index < -0.39 is 5.92 Å². The quantitative estimate of drug-likeness (QED) is 0.788.